The Labute approximate surface area is 223 Å². The molecule has 3 heterocycles. The molecule has 202 valence electrons. The van der Waals surface area contributed by atoms with E-state index in [9.17, 15) is 19.2 Å². The summed E-state index contributed by atoms with van der Waals surface area (Å²) in [7, 11) is 0. The van der Waals surface area contributed by atoms with Crippen LogP contribution >= 0.6 is 0 Å². The zero-order chi connectivity index (χ0) is 26.0. The molecule has 7 aliphatic rings. The maximum absolute atomic E-state index is 13.4. The topological polar surface area (TPSA) is 98.8 Å². The summed E-state index contributed by atoms with van der Waals surface area (Å²) in [6.07, 6.45) is 9.76. The van der Waals surface area contributed by atoms with Crippen molar-refractivity contribution in [3.05, 3.63) is 34.9 Å². The van der Waals surface area contributed by atoms with Crippen LogP contribution in [0.3, 0.4) is 0 Å². The van der Waals surface area contributed by atoms with Crippen LogP contribution in [-0.2, 0) is 27.3 Å². The third kappa shape index (κ3) is 4.07. The summed E-state index contributed by atoms with van der Waals surface area (Å²) in [5.41, 5.74) is 2.82. The van der Waals surface area contributed by atoms with E-state index in [0.29, 0.717) is 30.5 Å². The Bertz CT molecular complexity index is 1180. The number of likely N-dealkylation sites (tertiary alicyclic amines) is 1. The minimum Gasteiger partial charge on any atom is -0.351 e. The lowest BCUT2D eigenvalue weighted by Crippen LogP contribution is -2.52. The number of aryl methyl sites for hydroxylation is 1. The molecule has 8 rings (SSSR count). The number of imide groups is 1. The van der Waals surface area contributed by atoms with Crippen molar-refractivity contribution < 1.29 is 19.2 Å². The van der Waals surface area contributed by atoms with Gasteiger partial charge in [0.2, 0.25) is 17.7 Å². The van der Waals surface area contributed by atoms with E-state index in [1.54, 1.807) is 4.90 Å². The number of carbonyl (C=O) groups excluding carboxylic acids is 4. The predicted molar refractivity (Wildman–Crippen MR) is 140 cm³/mol. The Balaban J connectivity index is 0.960. The van der Waals surface area contributed by atoms with E-state index in [1.807, 2.05) is 12.1 Å². The van der Waals surface area contributed by atoms with E-state index in [1.165, 1.54) is 25.7 Å². The second-order valence-electron chi connectivity index (χ2n) is 12.7. The lowest BCUT2D eigenvalue weighted by Gasteiger charge is -2.34. The molecule has 8 heteroatoms. The standard InChI is InChI=1S/C30H38N4O4/c35-26-9-8-25(29(37)31-26)34-16-23-18(4-1-6-21(23)30(34)38)5-2-10-33-11-3-7-24(33)28(36)32-27-20-13-17-12-19(15-20)22(27)14-17/h1,4,6,17,19-20,22,24-25,27H,2-3,5,7-16H2,(H,32,36)(H,31,35,37). The van der Waals surface area contributed by atoms with Gasteiger partial charge in [-0.3, -0.25) is 29.4 Å². The maximum Gasteiger partial charge on any atom is 0.255 e. The van der Waals surface area contributed by atoms with Gasteiger partial charge < -0.3 is 10.2 Å². The molecule has 1 aromatic rings. The Morgan fingerprint density at radius 3 is 2.76 bits per heavy atom. The van der Waals surface area contributed by atoms with Crippen LogP contribution in [0.4, 0.5) is 0 Å². The SMILES string of the molecule is O=C1CCC(N2Cc3c(CCCN4CCCC4C(=O)NC4C5CC6CC(C5)C4C6)cccc3C2=O)C(=O)N1. The smallest absolute Gasteiger partial charge is 0.255 e. The Hall–Kier alpha value is -2.74. The summed E-state index contributed by atoms with van der Waals surface area (Å²) >= 11 is 0. The summed E-state index contributed by atoms with van der Waals surface area (Å²) in [5.74, 6) is 2.68. The number of nitrogens with zero attached hydrogens (tertiary/aromatic N) is 2. The van der Waals surface area contributed by atoms with Gasteiger partial charge in [-0.05, 0) is 112 Å². The van der Waals surface area contributed by atoms with E-state index in [4.69, 9.17) is 0 Å². The molecule has 4 aliphatic carbocycles. The van der Waals surface area contributed by atoms with Gasteiger partial charge in [-0.1, -0.05) is 12.1 Å². The van der Waals surface area contributed by atoms with Crippen molar-refractivity contribution >= 4 is 23.6 Å². The van der Waals surface area contributed by atoms with E-state index >= 15 is 0 Å². The first kappa shape index (κ1) is 24.3. The van der Waals surface area contributed by atoms with Crippen LogP contribution in [-0.4, -0.2) is 64.6 Å². The summed E-state index contributed by atoms with van der Waals surface area (Å²) < 4.78 is 0. The van der Waals surface area contributed by atoms with Crippen molar-refractivity contribution in [1.82, 2.24) is 20.4 Å². The molecule has 38 heavy (non-hydrogen) atoms. The fourth-order valence-electron chi connectivity index (χ4n) is 8.97. The first-order valence-corrected chi connectivity index (χ1v) is 14.8. The molecule has 2 N–H and O–H groups in total. The highest BCUT2D eigenvalue weighted by molar-refractivity contribution is 6.05. The summed E-state index contributed by atoms with van der Waals surface area (Å²) in [6, 6.07) is 5.65. The molecule has 2 saturated heterocycles. The largest absolute Gasteiger partial charge is 0.351 e. The van der Waals surface area contributed by atoms with Crippen molar-refractivity contribution in [1.29, 1.82) is 0 Å². The quantitative estimate of drug-likeness (QED) is 0.540. The number of hydrogen-bond acceptors (Lipinski definition) is 5. The third-order valence-electron chi connectivity index (χ3n) is 10.6. The van der Waals surface area contributed by atoms with Crippen LogP contribution in [0, 0.1) is 23.7 Å². The van der Waals surface area contributed by atoms with Gasteiger partial charge in [0.15, 0.2) is 0 Å². The number of benzene rings is 1. The predicted octanol–water partition coefficient (Wildman–Crippen LogP) is 2.40. The molecule has 3 aliphatic heterocycles. The zero-order valence-electron chi connectivity index (χ0n) is 22.0. The van der Waals surface area contributed by atoms with Crippen LogP contribution in [0.25, 0.3) is 0 Å². The van der Waals surface area contributed by atoms with Crippen LogP contribution < -0.4 is 10.6 Å². The molecule has 0 spiro atoms. The van der Waals surface area contributed by atoms with Crippen LogP contribution in [0.15, 0.2) is 18.2 Å². The van der Waals surface area contributed by atoms with Gasteiger partial charge in [0.1, 0.15) is 6.04 Å². The number of hydrogen-bond donors (Lipinski definition) is 2. The van der Waals surface area contributed by atoms with Crippen molar-refractivity contribution in [2.75, 3.05) is 13.1 Å². The normalized spacial score (nSPS) is 35.7. The molecule has 4 bridgehead atoms. The van der Waals surface area contributed by atoms with E-state index < -0.39 is 6.04 Å². The molecule has 0 radical (unpaired) electrons. The van der Waals surface area contributed by atoms with Gasteiger partial charge in [-0.2, -0.15) is 0 Å². The average molecular weight is 519 g/mol. The lowest BCUT2D eigenvalue weighted by molar-refractivity contribution is -0.137. The minimum atomic E-state index is -0.588. The maximum atomic E-state index is 13.4. The Kier molecular flexibility index (Phi) is 6.06. The summed E-state index contributed by atoms with van der Waals surface area (Å²) in [5, 5.41) is 5.90. The average Bonchev–Trinajstić information content (AvgIpc) is 3.62. The lowest BCUT2D eigenvalue weighted by atomic mass is 9.79. The third-order valence-corrected chi connectivity index (χ3v) is 10.6. The Morgan fingerprint density at radius 2 is 1.92 bits per heavy atom. The summed E-state index contributed by atoms with van der Waals surface area (Å²) in [6.45, 7) is 2.25. The van der Waals surface area contributed by atoms with Gasteiger partial charge >= 0.3 is 0 Å². The monoisotopic (exact) mass is 518 g/mol. The van der Waals surface area contributed by atoms with Gasteiger partial charge in [0.05, 0.1) is 6.04 Å². The van der Waals surface area contributed by atoms with Gasteiger partial charge in [-0.15, -0.1) is 0 Å². The van der Waals surface area contributed by atoms with Crippen LogP contribution in [0.1, 0.15) is 79.3 Å². The number of fused-ring (bicyclic) bond motifs is 1. The van der Waals surface area contributed by atoms with E-state index in [2.05, 4.69) is 21.6 Å². The van der Waals surface area contributed by atoms with Gasteiger partial charge in [-0.25, -0.2) is 0 Å². The second kappa shape index (κ2) is 9.47. The highest BCUT2D eigenvalue weighted by Gasteiger charge is 2.54. The fourth-order valence-corrected chi connectivity index (χ4v) is 8.97. The number of piperidine rings is 1. The molecule has 7 unspecified atom stereocenters. The van der Waals surface area contributed by atoms with Gasteiger partial charge in [0, 0.05) is 24.6 Å². The summed E-state index contributed by atoms with van der Waals surface area (Å²) in [4.78, 5) is 54.4. The van der Waals surface area contributed by atoms with Crippen molar-refractivity contribution in [3.63, 3.8) is 0 Å². The van der Waals surface area contributed by atoms with Crippen molar-refractivity contribution in [2.24, 2.45) is 23.7 Å². The second-order valence-corrected chi connectivity index (χ2v) is 12.7. The molecule has 0 aromatic heterocycles. The number of rotatable bonds is 7. The molecule has 7 atom stereocenters. The van der Waals surface area contributed by atoms with Crippen molar-refractivity contribution in [3.8, 4) is 0 Å². The highest BCUT2D eigenvalue weighted by Crippen LogP contribution is 2.58. The number of nitrogens with one attached hydrogen (secondary N) is 2. The molecule has 6 fully saturated rings. The molecular weight excluding hydrogens is 480 g/mol. The van der Waals surface area contributed by atoms with Crippen LogP contribution in [0.5, 0.6) is 0 Å². The van der Waals surface area contributed by atoms with Crippen molar-refractivity contribution in [2.45, 2.75) is 88.9 Å². The van der Waals surface area contributed by atoms with Crippen LogP contribution in [0.2, 0.25) is 0 Å². The van der Waals surface area contributed by atoms with Gasteiger partial charge in [0.25, 0.3) is 5.91 Å². The number of amides is 4. The first-order valence-electron chi connectivity index (χ1n) is 14.8. The first-order chi connectivity index (χ1) is 18.5. The fraction of sp³-hybridized carbons (Fsp3) is 0.667. The van der Waals surface area contributed by atoms with E-state index in [-0.39, 0.29) is 36.1 Å². The number of carbonyl (C=O) groups is 4. The molecule has 4 amide bonds. The molecule has 1 aromatic carbocycles. The Morgan fingerprint density at radius 1 is 1.05 bits per heavy atom. The highest BCUT2D eigenvalue weighted by atomic mass is 16.2. The molecule has 8 nitrogen and oxygen atoms in total. The zero-order valence-corrected chi connectivity index (χ0v) is 22.0. The molecular formula is C30H38N4O4. The molecule has 4 saturated carbocycles. The van der Waals surface area contributed by atoms with E-state index in [0.717, 1.165) is 67.7 Å². The minimum absolute atomic E-state index is 0.0163.